The fourth-order valence-corrected chi connectivity index (χ4v) is 4.11. The molecular weight excluding hydrogens is 428 g/mol. The fraction of sp³-hybridized carbons (Fsp3) is 0.375. The number of nitrogens with zero attached hydrogens (tertiary/aromatic N) is 3. The highest BCUT2D eigenvalue weighted by molar-refractivity contribution is 5.94. The molecule has 1 heterocycles. The van der Waals surface area contributed by atoms with Crippen LogP contribution in [-0.2, 0) is 0 Å². The van der Waals surface area contributed by atoms with Gasteiger partial charge in [-0.05, 0) is 49.9 Å². The molecule has 2 aromatic carbocycles. The van der Waals surface area contributed by atoms with Crippen LogP contribution >= 0.6 is 0 Å². The molecule has 33 heavy (non-hydrogen) atoms. The number of carbonyl (C=O) groups is 1. The molecule has 0 spiro atoms. The van der Waals surface area contributed by atoms with Gasteiger partial charge < -0.3 is 20.3 Å². The fourth-order valence-electron chi connectivity index (χ4n) is 4.11. The zero-order valence-electron chi connectivity index (χ0n) is 18.9. The monoisotopic (exact) mass is 455 g/mol. The van der Waals surface area contributed by atoms with Crippen molar-refractivity contribution >= 4 is 28.6 Å². The largest absolute Gasteiger partial charge is 0.497 e. The molecule has 0 atom stereocenters. The molecule has 0 radical (unpaired) electrons. The lowest BCUT2D eigenvalue weighted by Crippen LogP contribution is -2.40. The first kappa shape index (κ1) is 22.7. The van der Waals surface area contributed by atoms with Crippen LogP contribution in [0.15, 0.2) is 36.4 Å². The molecule has 0 unspecified atom stereocenters. The summed E-state index contributed by atoms with van der Waals surface area (Å²) in [5.74, 6) is -0.450. The van der Waals surface area contributed by atoms with E-state index in [1.165, 1.54) is 0 Å². The quantitative estimate of drug-likeness (QED) is 0.582. The highest BCUT2D eigenvalue weighted by atomic mass is 19.2. The number of fused-ring (bicyclic) bond motifs is 1. The maximum Gasteiger partial charge on any atom is 0.251 e. The standard InChI is InChI=1S/C24H27F2N5O2/c1-31(2)22-18-12-19(25)20(26)13-21(18)29-24(30-22)28-16-9-7-15(8-10-16)27-23(32)14-5-4-6-17(11-14)33-3/h4-6,11-13,15-16H,7-10H2,1-3H3,(H,27,32)(H,28,29,30). The summed E-state index contributed by atoms with van der Waals surface area (Å²) >= 11 is 0. The molecule has 1 aliphatic carbocycles. The van der Waals surface area contributed by atoms with Crippen LogP contribution in [0, 0.1) is 11.6 Å². The summed E-state index contributed by atoms with van der Waals surface area (Å²) < 4.78 is 32.7. The van der Waals surface area contributed by atoms with Gasteiger partial charge in [0.15, 0.2) is 11.6 Å². The Morgan fingerprint density at radius 1 is 1.03 bits per heavy atom. The van der Waals surface area contributed by atoms with Gasteiger partial charge in [-0.3, -0.25) is 4.79 Å². The van der Waals surface area contributed by atoms with Crippen LogP contribution in [0.4, 0.5) is 20.5 Å². The minimum atomic E-state index is -0.941. The minimum Gasteiger partial charge on any atom is -0.497 e. The Kier molecular flexibility index (Phi) is 6.57. The number of benzene rings is 2. The molecule has 4 rings (SSSR count). The lowest BCUT2D eigenvalue weighted by atomic mass is 9.91. The van der Waals surface area contributed by atoms with Crippen molar-refractivity contribution in [1.29, 1.82) is 0 Å². The van der Waals surface area contributed by atoms with E-state index in [1.807, 2.05) is 0 Å². The maximum atomic E-state index is 13.8. The Morgan fingerprint density at radius 3 is 2.42 bits per heavy atom. The molecule has 0 aliphatic heterocycles. The second-order valence-electron chi connectivity index (χ2n) is 8.45. The predicted octanol–water partition coefficient (Wildman–Crippen LogP) is 4.14. The van der Waals surface area contributed by atoms with Crippen molar-refractivity contribution in [3.8, 4) is 5.75 Å². The molecule has 1 fully saturated rings. The van der Waals surface area contributed by atoms with Gasteiger partial charge in [0.1, 0.15) is 11.6 Å². The third-order valence-corrected chi connectivity index (χ3v) is 5.87. The average Bonchev–Trinajstić information content (AvgIpc) is 2.81. The second kappa shape index (κ2) is 9.56. The molecule has 1 saturated carbocycles. The van der Waals surface area contributed by atoms with Crippen LogP contribution in [0.5, 0.6) is 5.75 Å². The van der Waals surface area contributed by atoms with Crippen LogP contribution in [0.1, 0.15) is 36.0 Å². The van der Waals surface area contributed by atoms with Gasteiger partial charge in [0.25, 0.3) is 5.91 Å². The van der Waals surface area contributed by atoms with Gasteiger partial charge in [-0.1, -0.05) is 6.07 Å². The number of rotatable bonds is 6. The number of aromatic nitrogens is 2. The number of ether oxygens (including phenoxy) is 1. The van der Waals surface area contributed by atoms with Gasteiger partial charge in [0.05, 0.1) is 12.6 Å². The summed E-state index contributed by atoms with van der Waals surface area (Å²) in [5, 5.41) is 6.87. The highest BCUT2D eigenvalue weighted by Gasteiger charge is 2.24. The number of methoxy groups -OCH3 is 1. The minimum absolute atomic E-state index is 0.0775. The summed E-state index contributed by atoms with van der Waals surface area (Å²) in [7, 11) is 5.16. The third kappa shape index (κ3) is 5.13. The van der Waals surface area contributed by atoms with Crippen LogP contribution in [-0.4, -0.2) is 49.2 Å². The van der Waals surface area contributed by atoms with E-state index < -0.39 is 11.6 Å². The van der Waals surface area contributed by atoms with E-state index in [1.54, 1.807) is 50.4 Å². The molecule has 174 valence electrons. The Hall–Kier alpha value is -3.49. The van der Waals surface area contributed by atoms with Gasteiger partial charge in [-0.2, -0.15) is 4.98 Å². The zero-order valence-corrected chi connectivity index (χ0v) is 18.9. The number of carbonyl (C=O) groups excluding carboxylic acids is 1. The second-order valence-corrected chi connectivity index (χ2v) is 8.45. The molecule has 7 nitrogen and oxygen atoms in total. The van der Waals surface area contributed by atoms with Gasteiger partial charge in [0.2, 0.25) is 5.95 Å². The Balaban J connectivity index is 1.40. The highest BCUT2D eigenvalue weighted by Crippen LogP contribution is 2.28. The summed E-state index contributed by atoms with van der Waals surface area (Å²) in [6.07, 6.45) is 3.25. The normalized spacial score (nSPS) is 18.1. The molecule has 1 aliphatic rings. The number of hydrogen-bond donors (Lipinski definition) is 2. The predicted molar refractivity (Wildman–Crippen MR) is 124 cm³/mol. The van der Waals surface area contributed by atoms with Crippen molar-refractivity contribution < 1.29 is 18.3 Å². The molecule has 1 aromatic heterocycles. The molecule has 9 heteroatoms. The zero-order chi connectivity index (χ0) is 23.5. The van der Waals surface area contributed by atoms with E-state index in [9.17, 15) is 13.6 Å². The van der Waals surface area contributed by atoms with Crippen molar-refractivity contribution in [2.24, 2.45) is 0 Å². The molecule has 1 amide bonds. The van der Waals surface area contributed by atoms with Crippen LogP contribution in [0.3, 0.4) is 0 Å². The van der Waals surface area contributed by atoms with Gasteiger partial charge in [-0.15, -0.1) is 0 Å². The van der Waals surface area contributed by atoms with Crippen molar-refractivity contribution in [3.63, 3.8) is 0 Å². The number of amides is 1. The van der Waals surface area contributed by atoms with Crippen LogP contribution in [0.25, 0.3) is 10.9 Å². The molecular formula is C24H27F2N5O2. The Bertz CT molecular complexity index is 1160. The lowest BCUT2D eigenvalue weighted by molar-refractivity contribution is 0.0926. The average molecular weight is 456 g/mol. The third-order valence-electron chi connectivity index (χ3n) is 5.87. The van der Waals surface area contributed by atoms with Crippen molar-refractivity contribution in [1.82, 2.24) is 15.3 Å². The smallest absolute Gasteiger partial charge is 0.251 e. The van der Waals surface area contributed by atoms with E-state index in [2.05, 4.69) is 20.6 Å². The summed E-state index contributed by atoms with van der Waals surface area (Å²) in [5.41, 5.74) is 0.911. The van der Waals surface area contributed by atoms with Crippen molar-refractivity contribution in [2.45, 2.75) is 37.8 Å². The summed E-state index contributed by atoms with van der Waals surface area (Å²) in [6, 6.07) is 9.49. The Labute approximate surface area is 191 Å². The number of anilines is 2. The summed E-state index contributed by atoms with van der Waals surface area (Å²) in [4.78, 5) is 23.2. The molecule has 3 aromatic rings. The van der Waals surface area contributed by atoms with E-state index in [4.69, 9.17) is 4.74 Å². The van der Waals surface area contributed by atoms with Gasteiger partial charge in [-0.25, -0.2) is 13.8 Å². The first-order valence-electron chi connectivity index (χ1n) is 10.9. The Morgan fingerprint density at radius 2 is 1.73 bits per heavy atom. The lowest BCUT2D eigenvalue weighted by Gasteiger charge is -2.30. The van der Waals surface area contributed by atoms with Crippen molar-refractivity contribution in [2.75, 3.05) is 31.4 Å². The van der Waals surface area contributed by atoms with Crippen molar-refractivity contribution in [3.05, 3.63) is 53.6 Å². The van der Waals surface area contributed by atoms with E-state index in [0.29, 0.717) is 34.0 Å². The van der Waals surface area contributed by atoms with Crippen LogP contribution in [0.2, 0.25) is 0 Å². The van der Waals surface area contributed by atoms with Crippen LogP contribution < -0.4 is 20.3 Å². The van der Waals surface area contributed by atoms with E-state index in [0.717, 1.165) is 37.8 Å². The molecule has 0 saturated heterocycles. The molecule has 2 N–H and O–H groups in total. The van der Waals surface area contributed by atoms with E-state index >= 15 is 0 Å². The summed E-state index contributed by atoms with van der Waals surface area (Å²) in [6.45, 7) is 0. The van der Waals surface area contributed by atoms with E-state index in [-0.39, 0.29) is 18.0 Å². The maximum absolute atomic E-state index is 13.8. The number of hydrogen-bond acceptors (Lipinski definition) is 6. The SMILES string of the molecule is COc1cccc(C(=O)NC2CCC(Nc3nc(N(C)C)c4cc(F)c(F)cc4n3)CC2)c1. The first-order chi connectivity index (χ1) is 15.8. The molecule has 0 bridgehead atoms. The van der Waals surface area contributed by atoms with Gasteiger partial charge >= 0.3 is 0 Å². The first-order valence-corrected chi connectivity index (χ1v) is 10.9. The number of halogens is 2. The van der Waals surface area contributed by atoms with Gasteiger partial charge in [0, 0.05) is 43.2 Å². The number of nitrogens with one attached hydrogen (secondary N) is 2. The topological polar surface area (TPSA) is 79.4 Å².